The number of carbonyl (C=O) groups excluding carboxylic acids is 1. The highest BCUT2D eigenvalue weighted by atomic mass is 32.1. The van der Waals surface area contributed by atoms with E-state index in [1.165, 1.54) is 0 Å². The molecular weight excluding hydrogens is 298 g/mol. The number of hydrogen-bond donors (Lipinski definition) is 1. The highest BCUT2D eigenvalue weighted by molar-refractivity contribution is 7.09. The van der Waals surface area contributed by atoms with Gasteiger partial charge in [-0.15, -0.1) is 11.3 Å². The van der Waals surface area contributed by atoms with Crippen LogP contribution in [0, 0.1) is 0 Å². The molecule has 1 heterocycles. The summed E-state index contributed by atoms with van der Waals surface area (Å²) in [4.78, 5) is 18.7. The van der Waals surface area contributed by atoms with E-state index in [0.717, 1.165) is 17.2 Å². The third kappa shape index (κ3) is 6.85. The molecule has 1 rings (SSSR count). The van der Waals surface area contributed by atoms with E-state index in [1.807, 2.05) is 34.6 Å². The fourth-order valence-corrected chi connectivity index (χ4v) is 2.89. The lowest BCUT2D eigenvalue weighted by molar-refractivity contribution is -0.123. The first-order valence-corrected chi connectivity index (χ1v) is 8.72. The molecule has 0 spiro atoms. The zero-order valence-corrected chi connectivity index (χ0v) is 15.4. The Balaban J connectivity index is 2.57. The van der Waals surface area contributed by atoms with Gasteiger partial charge in [0.15, 0.2) is 0 Å². The van der Waals surface area contributed by atoms with Crippen molar-refractivity contribution in [2.75, 3.05) is 19.7 Å². The van der Waals surface area contributed by atoms with E-state index >= 15 is 0 Å². The Morgan fingerprint density at radius 1 is 1.45 bits per heavy atom. The third-order valence-corrected chi connectivity index (χ3v) is 4.10. The molecule has 0 unspecified atom stereocenters. The van der Waals surface area contributed by atoms with Crippen molar-refractivity contribution in [3.8, 4) is 0 Å². The van der Waals surface area contributed by atoms with Gasteiger partial charge in [-0.3, -0.25) is 9.69 Å². The fourth-order valence-electron chi connectivity index (χ4n) is 2.07. The molecule has 0 saturated heterocycles. The standard InChI is InChI=1S/C16H29N3O2S/c1-7-19(10-14(20)18-16(4,5)6)9-13-11-22-15(17-13)12(3)21-8-2/h11-12H,7-10H2,1-6H3,(H,18,20)/t12-/m0/s1. The summed E-state index contributed by atoms with van der Waals surface area (Å²) < 4.78 is 5.56. The Hall–Kier alpha value is -0.980. The van der Waals surface area contributed by atoms with Crippen LogP contribution in [0.3, 0.4) is 0 Å². The van der Waals surface area contributed by atoms with Crippen molar-refractivity contribution in [1.29, 1.82) is 0 Å². The Morgan fingerprint density at radius 2 is 2.14 bits per heavy atom. The number of likely N-dealkylation sites (N-methyl/N-ethyl adjacent to an activating group) is 1. The summed E-state index contributed by atoms with van der Waals surface area (Å²) in [6, 6.07) is 0. The van der Waals surface area contributed by atoms with Gasteiger partial charge in [-0.2, -0.15) is 0 Å². The first kappa shape index (κ1) is 19.1. The largest absolute Gasteiger partial charge is 0.372 e. The molecule has 0 saturated carbocycles. The molecule has 22 heavy (non-hydrogen) atoms. The molecule has 0 aliphatic carbocycles. The lowest BCUT2D eigenvalue weighted by Gasteiger charge is -2.24. The summed E-state index contributed by atoms with van der Waals surface area (Å²) >= 11 is 1.62. The van der Waals surface area contributed by atoms with E-state index in [4.69, 9.17) is 4.74 Å². The van der Waals surface area contributed by atoms with Gasteiger partial charge in [-0.05, 0) is 41.2 Å². The van der Waals surface area contributed by atoms with E-state index in [0.29, 0.717) is 19.7 Å². The van der Waals surface area contributed by atoms with Crippen molar-refractivity contribution < 1.29 is 9.53 Å². The van der Waals surface area contributed by atoms with Crippen LogP contribution in [-0.2, 0) is 16.1 Å². The maximum absolute atomic E-state index is 12.0. The van der Waals surface area contributed by atoms with E-state index < -0.39 is 0 Å². The van der Waals surface area contributed by atoms with Gasteiger partial charge in [0.1, 0.15) is 11.1 Å². The molecule has 1 aromatic heterocycles. The van der Waals surface area contributed by atoms with Gasteiger partial charge in [-0.1, -0.05) is 6.92 Å². The van der Waals surface area contributed by atoms with Crippen molar-refractivity contribution in [2.24, 2.45) is 0 Å². The summed E-state index contributed by atoms with van der Waals surface area (Å²) in [5, 5.41) is 6.03. The lowest BCUT2D eigenvalue weighted by Crippen LogP contribution is -2.45. The minimum Gasteiger partial charge on any atom is -0.372 e. The number of hydrogen-bond acceptors (Lipinski definition) is 5. The number of nitrogens with one attached hydrogen (secondary N) is 1. The molecule has 0 bridgehead atoms. The van der Waals surface area contributed by atoms with Crippen LogP contribution in [0.4, 0.5) is 0 Å². The molecular formula is C16H29N3O2S. The number of rotatable bonds is 8. The molecule has 0 aromatic carbocycles. The number of thiazole rings is 1. The zero-order chi connectivity index (χ0) is 16.8. The Kier molecular flexibility index (Phi) is 7.45. The van der Waals surface area contributed by atoms with Crippen LogP contribution < -0.4 is 5.32 Å². The summed E-state index contributed by atoms with van der Waals surface area (Å²) in [5.74, 6) is 0.0486. The summed E-state index contributed by atoms with van der Waals surface area (Å²) in [6.07, 6.45) is 0.0306. The van der Waals surface area contributed by atoms with Crippen molar-refractivity contribution in [2.45, 2.75) is 59.7 Å². The predicted octanol–water partition coefficient (Wildman–Crippen LogP) is 2.98. The lowest BCUT2D eigenvalue weighted by atomic mass is 10.1. The zero-order valence-electron chi connectivity index (χ0n) is 14.6. The quantitative estimate of drug-likeness (QED) is 0.797. The number of nitrogens with zero attached hydrogens (tertiary/aromatic N) is 2. The SMILES string of the molecule is CCO[C@@H](C)c1nc(CN(CC)CC(=O)NC(C)(C)C)cs1. The Bertz CT molecular complexity index is 468. The molecule has 0 fully saturated rings. The highest BCUT2D eigenvalue weighted by Crippen LogP contribution is 2.21. The Labute approximate surface area is 138 Å². The van der Waals surface area contributed by atoms with E-state index in [-0.39, 0.29) is 17.6 Å². The van der Waals surface area contributed by atoms with Gasteiger partial charge in [0, 0.05) is 24.1 Å². The number of ether oxygens (including phenoxy) is 1. The van der Waals surface area contributed by atoms with Crippen molar-refractivity contribution >= 4 is 17.2 Å². The first-order chi connectivity index (χ1) is 10.2. The molecule has 0 radical (unpaired) electrons. The second kappa shape index (κ2) is 8.60. The summed E-state index contributed by atoms with van der Waals surface area (Å²) in [6.45, 7) is 14.6. The minimum atomic E-state index is -0.197. The van der Waals surface area contributed by atoms with Gasteiger partial charge >= 0.3 is 0 Å². The predicted molar refractivity (Wildman–Crippen MR) is 91.0 cm³/mol. The Morgan fingerprint density at radius 3 is 2.68 bits per heavy atom. The van der Waals surface area contributed by atoms with Crippen molar-refractivity contribution in [3.63, 3.8) is 0 Å². The van der Waals surface area contributed by atoms with Crippen LogP contribution in [0.5, 0.6) is 0 Å². The van der Waals surface area contributed by atoms with E-state index in [1.54, 1.807) is 11.3 Å². The molecule has 5 nitrogen and oxygen atoms in total. The molecule has 126 valence electrons. The molecule has 0 aliphatic heterocycles. The normalized spacial score (nSPS) is 13.4. The molecule has 1 amide bonds. The van der Waals surface area contributed by atoms with Crippen LogP contribution in [0.1, 0.15) is 58.3 Å². The van der Waals surface area contributed by atoms with Gasteiger partial charge in [0.25, 0.3) is 0 Å². The van der Waals surface area contributed by atoms with Crippen LogP contribution in [0.15, 0.2) is 5.38 Å². The monoisotopic (exact) mass is 327 g/mol. The topological polar surface area (TPSA) is 54.5 Å². The van der Waals surface area contributed by atoms with Crippen LogP contribution in [0.25, 0.3) is 0 Å². The molecule has 1 atom stereocenters. The van der Waals surface area contributed by atoms with E-state index in [2.05, 4.69) is 27.5 Å². The molecule has 1 aromatic rings. The fraction of sp³-hybridized carbons (Fsp3) is 0.750. The molecule has 6 heteroatoms. The van der Waals surface area contributed by atoms with Gasteiger partial charge in [0.2, 0.25) is 5.91 Å². The van der Waals surface area contributed by atoms with Gasteiger partial charge in [0.05, 0.1) is 12.2 Å². The van der Waals surface area contributed by atoms with Crippen LogP contribution in [0.2, 0.25) is 0 Å². The minimum absolute atomic E-state index is 0.0306. The average Bonchev–Trinajstić information content (AvgIpc) is 2.84. The molecule has 0 aliphatic rings. The van der Waals surface area contributed by atoms with Gasteiger partial charge in [-0.25, -0.2) is 4.98 Å². The summed E-state index contributed by atoms with van der Waals surface area (Å²) in [7, 11) is 0. The van der Waals surface area contributed by atoms with Crippen LogP contribution >= 0.6 is 11.3 Å². The average molecular weight is 327 g/mol. The maximum atomic E-state index is 12.0. The molecule has 1 N–H and O–H groups in total. The maximum Gasteiger partial charge on any atom is 0.234 e. The second-order valence-corrected chi connectivity index (χ2v) is 7.27. The van der Waals surface area contributed by atoms with Gasteiger partial charge < -0.3 is 10.1 Å². The van der Waals surface area contributed by atoms with Crippen molar-refractivity contribution in [3.05, 3.63) is 16.1 Å². The smallest absolute Gasteiger partial charge is 0.234 e. The summed E-state index contributed by atoms with van der Waals surface area (Å²) in [5.41, 5.74) is 0.800. The number of aromatic nitrogens is 1. The van der Waals surface area contributed by atoms with Crippen molar-refractivity contribution in [1.82, 2.24) is 15.2 Å². The highest BCUT2D eigenvalue weighted by Gasteiger charge is 2.17. The first-order valence-electron chi connectivity index (χ1n) is 7.84. The number of carbonyl (C=O) groups is 1. The number of amides is 1. The van der Waals surface area contributed by atoms with E-state index in [9.17, 15) is 4.79 Å². The van der Waals surface area contributed by atoms with Crippen LogP contribution in [-0.4, -0.2) is 41.0 Å². The third-order valence-electron chi connectivity index (χ3n) is 3.05. The second-order valence-electron chi connectivity index (χ2n) is 6.38.